The van der Waals surface area contributed by atoms with E-state index in [1.807, 2.05) is 24.3 Å². The normalized spacial score (nSPS) is 13.0. The van der Waals surface area contributed by atoms with Gasteiger partial charge in [0, 0.05) is 31.1 Å². The van der Waals surface area contributed by atoms with Crippen LogP contribution in [-0.4, -0.2) is 32.5 Å². The molecule has 1 aliphatic rings. The van der Waals surface area contributed by atoms with Gasteiger partial charge in [-0.25, -0.2) is 0 Å². The van der Waals surface area contributed by atoms with Crippen LogP contribution in [0.25, 0.3) is 0 Å². The van der Waals surface area contributed by atoms with Gasteiger partial charge in [-0.2, -0.15) is 0 Å². The average molecular weight is 324 g/mol. The highest BCUT2D eigenvalue weighted by atomic mass is 16.5. The van der Waals surface area contributed by atoms with Crippen molar-refractivity contribution in [3.8, 4) is 5.75 Å². The Balaban J connectivity index is 1.90. The molecule has 0 unspecified atom stereocenters. The van der Waals surface area contributed by atoms with Crippen molar-refractivity contribution in [2.45, 2.75) is 12.8 Å². The van der Waals surface area contributed by atoms with Crippen LogP contribution in [0.1, 0.15) is 37.4 Å². The maximum atomic E-state index is 12.0. The highest BCUT2D eigenvalue weighted by Gasteiger charge is 2.19. The molecule has 24 heavy (non-hydrogen) atoms. The molecule has 0 aromatic heterocycles. The van der Waals surface area contributed by atoms with E-state index in [2.05, 4.69) is 10.6 Å². The third-order valence-electron chi connectivity index (χ3n) is 4.27. The first-order valence-electron chi connectivity index (χ1n) is 7.91. The molecule has 3 rings (SSSR count). The monoisotopic (exact) mass is 324 g/mol. The van der Waals surface area contributed by atoms with Gasteiger partial charge in [0.25, 0.3) is 11.8 Å². The fourth-order valence-electron chi connectivity index (χ4n) is 2.96. The standard InChI is InChI=1S/C19H20N2O3/c1-20-18(22)13-5-3-12(4-6-13)9-15-10-16-14(11-17(15)24-2)7-8-21-19(16)23/h3-6,10-11H,7-9H2,1-2H3,(H,20,22)(H,21,23). The topological polar surface area (TPSA) is 67.4 Å². The molecular weight excluding hydrogens is 304 g/mol. The molecule has 124 valence electrons. The molecule has 5 nitrogen and oxygen atoms in total. The number of ether oxygens (including phenoxy) is 1. The summed E-state index contributed by atoms with van der Waals surface area (Å²) < 4.78 is 5.50. The number of carbonyl (C=O) groups is 2. The zero-order valence-electron chi connectivity index (χ0n) is 13.8. The van der Waals surface area contributed by atoms with Gasteiger partial charge in [0.15, 0.2) is 0 Å². The van der Waals surface area contributed by atoms with Crippen molar-refractivity contribution < 1.29 is 14.3 Å². The molecule has 0 saturated carbocycles. The van der Waals surface area contributed by atoms with E-state index in [9.17, 15) is 9.59 Å². The molecule has 1 heterocycles. The van der Waals surface area contributed by atoms with Crippen LogP contribution in [0, 0.1) is 0 Å². The van der Waals surface area contributed by atoms with Gasteiger partial charge in [-0.3, -0.25) is 9.59 Å². The molecule has 2 amide bonds. The Morgan fingerprint density at radius 1 is 1.25 bits per heavy atom. The molecule has 0 aliphatic carbocycles. The summed E-state index contributed by atoms with van der Waals surface area (Å²) in [5.74, 6) is 0.651. The lowest BCUT2D eigenvalue weighted by Gasteiger charge is -2.19. The highest BCUT2D eigenvalue weighted by molar-refractivity contribution is 5.97. The lowest BCUT2D eigenvalue weighted by atomic mass is 9.94. The smallest absolute Gasteiger partial charge is 0.251 e. The highest BCUT2D eigenvalue weighted by Crippen LogP contribution is 2.28. The molecule has 1 aliphatic heterocycles. The summed E-state index contributed by atoms with van der Waals surface area (Å²) in [6.45, 7) is 0.662. The lowest BCUT2D eigenvalue weighted by molar-refractivity contribution is 0.0942. The Hall–Kier alpha value is -2.82. The van der Waals surface area contributed by atoms with E-state index in [1.54, 1.807) is 26.3 Å². The Morgan fingerprint density at radius 3 is 2.67 bits per heavy atom. The van der Waals surface area contributed by atoms with Crippen molar-refractivity contribution in [1.29, 1.82) is 0 Å². The predicted molar refractivity (Wildman–Crippen MR) is 91.7 cm³/mol. The van der Waals surface area contributed by atoms with E-state index in [0.717, 1.165) is 34.4 Å². The number of rotatable bonds is 4. The Kier molecular flexibility index (Phi) is 4.51. The second kappa shape index (κ2) is 6.74. The predicted octanol–water partition coefficient (Wildman–Crippen LogP) is 1.93. The zero-order chi connectivity index (χ0) is 17.1. The quantitative estimate of drug-likeness (QED) is 0.903. The van der Waals surface area contributed by atoms with Gasteiger partial charge in [-0.1, -0.05) is 12.1 Å². The summed E-state index contributed by atoms with van der Waals surface area (Å²) >= 11 is 0. The van der Waals surface area contributed by atoms with Crippen molar-refractivity contribution >= 4 is 11.8 Å². The van der Waals surface area contributed by atoms with Crippen LogP contribution in [-0.2, 0) is 12.8 Å². The van der Waals surface area contributed by atoms with Crippen LogP contribution < -0.4 is 15.4 Å². The fraction of sp³-hybridized carbons (Fsp3) is 0.263. The maximum Gasteiger partial charge on any atom is 0.251 e. The summed E-state index contributed by atoms with van der Waals surface area (Å²) in [5.41, 5.74) is 4.38. The SMILES string of the molecule is CNC(=O)c1ccc(Cc2cc3c(cc2OC)CCNC3=O)cc1. The van der Waals surface area contributed by atoms with Crippen molar-refractivity contribution in [3.05, 3.63) is 64.2 Å². The zero-order valence-corrected chi connectivity index (χ0v) is 13.8. The summed E-state index contributed by atoms with van der Waals surface area (Å²) in [5, 5.41) is 5.47. The molecule has 0 atom stereocenters. The summed E-state index contributed by atoms with van der Waals surface area (Å²) in [6, 6.07) is 11.3. The van der Waals surface area contributed by atoms with Crippen LogP contribution in [0.15, 0.2) is 36.4 Å². The number of amides is 2. The van der Waals surface area contributed by atoms with E-state index in [4.69, 9.17) is 4.74 Å². The summed E-state index contributed by atoms with van der Waals surface area (Å²) in [4.78, 5) is 23.7. The number of nitrogens with one attached hydrogen (secondary N) is 2. The van der Waals surface area contributed by atoms with Gasteiger partial charge >= 0.3 is 0 Å². The van der Waals surface area contributed by atoms with Crippen molar-refractivity contribution in [2.75, 3.05) is 20.7 Å². The van der Waals surface area contributed by atoms with Crippen LogP contribution in [0.3, 0.4) is 0 Å². The number of methoxy groups -OCH3 is 1. The van der Waals surface area contributed by atoms with E-state index in [1.165, 1.54) is 0 Å². The van der Waals surface area contributed by atoms with Crippen LogP contribution in [0.5, 0.6) is 5.75 Å². The number of benzene rings is 2. The number of fused-ring (bicyclic) bond motifs is 1. The first-order chi connectivity index (χ1) is 11.6. The second-order valence-corrected chi connectivity index (χ2v) is 5.78. The average Bonchev–Trinajstić information content (AvgIpc) is 2.62. The van der Waals surface area contributed by atoms with E-state index in [0.29, 0.717) is 18.5 Å². The number of hydrogen-bond acceptors (Lipinski definition) is 3. The molecule has 0 spiro atoms. The third kappa shape index (κ3) is 3.11. The third-order valence-corrected chi connectivity index (χ3v) is 4.27. The van der Waals surface area contributed by atoms with Gasteiger partial charge in [-0.05, 0) is 47.4 Å². The Morgan fingerprint density at radius 2 is 2.00 bits per heavy atom. The second-order valence-electron chi connectivity index (χ2n) is 5.78. The van der Waals surface area contributed by atoms with E-state index >= 15 is 0 Å². The van der Waals surface area contributed by atoms with Crippen LogP contribution >= 0.6 is 0 Å². The van der Waals surface area contributed by atoms with Crippen molar-refractivity contribution in [2.24, 2.45) is 0 Å². The molecule has 0 fully saturated rings. The fourth-order valence-corrected chi connectivity index (χ4v) is 2.96. The largest absolute Gasteiger partial charge is 0.496 e. The van der Waals surface area contributed by atoms with Gasteiger partial charge in [0.05, 0.1) is 7.11 Å². The number of carbonyl (C=O) groups excluding carboxylic acids is 2. The Bertz CT molecular complexity index is 782. The minimum Gasteiger partial charge on any atom is -0.496 e. The number of hydrogen-bond donors (Lipinski definition) is 2. The molecule has 0 bridgehead atoms. The van der Waals surface area contributed by atoms with Crippen LogP contribution in [0.4, 0.5) is 0 Å². The van der Waals surface area contributed by atoms with Crippen LogP contribution in [0.2, 0.25) is 0 Å². The minimum atomic E-state index is -0.107. The van der Waals surface area contributed by atoms with Gasteiger partial charge in [-0.15, -0.1) is 0 Å². The minimum absolute atomic E-state index is 0.0323. The maximum absolute atomic E-state index is 12.0. The van der Waals surface area contributed by atoms with Gasteiger partial charge in [0.2, 0.25) is 0 Å². The first-order valence-corrected chi connectivity index (χ1v) is 7.91. The lowest BCUT2D eigenvalue weighted by Crippen LogP contribution is -2.32. The molecule has 2 aromatic carbocycles. The molecule has 2 N–H and O–H groups in total. The summed E-state index contributed by atoms with van der Waals surface area (Å²) in [6.07, 6.45) is 1.45. The van der Waals surface area contributed by atoms with Gasteiger partial charge < -0.3 is 15.4 Å². The van der Waals surface area contributed by atoms with E-state index in [-0.39, 0.29) is 11.8 Å². The molecule has 5 heteroatoms. The van der Waals surface area contributed by atoms with Gasteiger partial charge in [0.1, 0.15) is 5.75 Å². The molecule has 2 aromatic rings. The molecular formula is C19H20N2O3. The van der Waals surface area contributed by atoms with Crippen molar-refractivity contribution in [1.82, 2.24) is 10.6 Å². The summed E-state index contributed by atoms with van der Waals surface area (Å²) in [7, 11) is 3.25. The van der Waals surface area contributed by atoms with E-state index < -0.39 is 0 Å². The molecule has 0 saturated heterocycles. The Labute approximate surface area is 141 Å². The first kappa shape index (κ1) is 16.1. The molecule has 0 radical (unpaired) electrons. The van der Waals surface area contributed by atoms with Crippen molar-refractivity contribution in [3.63, 3.8) is 0 Å².